The van der Waals surface area contributed by atoms with Crippen LogP contribution in [0.3, 0.4) is 0 Å². The predicted molar refractivity (Wildman–Crippen MR) is 67.6 cm³/mol. The highest BCUT2D eigenvalue weighted by atomic mass is 15.3. The monoisotopic (exact) mass is 222 g/mol. The Bertz CT molecular complexity index is 277. The summed E-state index contributed by atoms with van der Waals surface area (Å²) in [4.78, 5) is 5.49. The fourth-order valence-corrected chi connectivity index (χ4v) is 3.37. The van der Waals surface area contributed by atoms with Crippen LogP contribution in [0.1, 0.15) is 46.5 Å². The van der Waals surface area contributed by atoms with Gasteiger partial charge in [0, 0.05) is 37.3 Å². The van der Waals surface area contributed by atoms with E-state index in [0.29, 0.717) is 11.1 Å². The molecule has 2 nitrogen and oxygen atoms in total. The van der Waals surface area contributed by atoms with Gasteiger partial charge >= 0.3 is 0 Å². The highest BCUT2D eigenvalue weighted by Crippen LogP contribution is 2.43. The molecular formula is C14H26N2. The second-order valence-corrected chi connectivity index (χ2v) is 7.21. The molecule has 0 N–H and O–H groups in total. The van der Waals surface area contributed by atoms with E-state index in [1.807, 2.05) is 0 Å². The summed E-state index contributed by atoms with van der Waals surface area (Å²) in [5.41, 5.74) is 0.959. The van der Waals surface area contributed by atoms with Crippen LogP contribution in [0.25, 0.3) is 0 Å². The van der Waals surface area contributed by atoms with Crippen molar-refractivity contribution in [2.24, 2.45) is 5.92 Å². The Morgan fingerprint density at radius 1 is 1.12 bits per heavy atom. The zero-order valence-electron chi connectivity index (χ0n) is 11.1. The molecule has 3 rings (SSSR count). The Labute approximate surface area is 100.0 Å². The zero-order valence-corrected chi connectivity index (χ0v) is 11.1. The van der Waals surface area contributed by atoms with Gasteiger partial charge in [-0.05, 0) is 52.4 Å². The second-order valence-electron chi connectivity index (χ2n) is 7.21. The van der Waals surface area contributed by atoms with Crippen molar-refractivity contribution >= 4 is 0 Å². The lowest BCUT2D eigenvalue weighted by molar-refractivity contribution is -0.0168. The Kier molecular flexibility index (Phi) is 2.38. The summed E-state index contributed by atoms with van der Waals surface area (Å²) in [6.07, 6.45) is 5.86. The van der Waals surface area contributed by atoms with E-state index < -0.39 is 0 Å². The van der Waals surface area contributed by atoms with Crippen LogP contribution in [0.5, 0.6) is 0 Å². The number of hydrogen-bond donors (Lipinski definition) is 0. The van der Waals surface area contributed by atoms with Crippen LogP contribution >= 0.6 is 0 Å². The lowest BCUT2D eigenvalue weighted by atomic mass is 9.83. The molecule has 2 heterocycles. The van der Waals surface area contributed by atoms with Crippen LogP contribution in [0, 0.1) is 5.92 Å². The average Bonchev–Trinajstić information content (AvgIpc) is 2.86. The summed E-state index contributed by atoms with van der Waals surface area (Å²) in [6.45, 7) is 12.5. The molecule has 1 saturated carbocycles. The zero-order chi connectivity index (χ0) is 11.4. The van der Waals surface area contributed by atoms with E-state index in [-0.39, 0.29) is 0 Å². The largest absolute Gasteiger partial charge is 0.297 e. The second kappa shape index (κ2) is 3.46. The first-order valence-electron chi connectivity index (χ1n) is 7.00. The lowest BCUT2D eigenvalue weighted by Gasteiger charge is -2.52. The third-order valence-electron chi connectivity index (χ3n) is 4.97. The molecule has 2 heteroatoms. The topological polar surface area (TPSA) is 6.48 Å². The van der Waals surface area contributed by atoms with Crippen molar-refractivity contribution in [3.05, 3.63) is 0 Å². The fourth-order valence-electron chi connectivity index (χ4n) is 3.37. The van der Waals surface area contributed by atoms with Gasteiger partial charge in [-0.15, -0.1) is 0 Å². The van der Waals surface area contributed by atoms with Gasteiger partial charge in [-0.1, -0.05) is 0 Å². The molecule has 0 amide bonds. The molecule has 1 unspecified atom stereocenters. The van der Waals surface area contributed by atoms with Gasteiger partial charge in [-0.25, -0.2) is 0 Å². The van der Waals surface area contributed by atoms with Gasteiger partial charge in [-0.2, -0.15) is 0 Å². The third kappa shape index (κ3) is 1.80. The van der Waals surface area contributed by atoms with E-state index in [9.17, 15) is 0 Å². The van der Waals surface area contributed by atoms with Crippen LogP contribution in [0.4, 0.5) is 0 Å². The Balaban J connectivity index is 1.62. The quantitative estimate of drug-likeness (QED) is 0.707. The smallest absolute Gasteiger partial charge is 0.0361 e. The minimum absolute atomic E-state index is 0.365. The summed E-state index contributed by atoms with van der Waals surface area (Å²) in [5.74, 6) is 1.06. The maximum absolute atomic E-state index is 2.80. The fraction of sp³-hybridized carbons (Fsp3) is 1.00. The van der Waals surface area contributed by atoms with Crippen LogP contribution in [-0.4, -0.2) is 47.1 Å². The molecule has 0 aromatic heterocycles. The molecule has 3 fully saturated rings. The van der Waals surface area contributed by atoms with E-state index >= 15 is 0 Å². The summed E-state index contributed by atoms with van der Waals surface area (Å²) in [6, 6.07) is 0. The van der Waals surface area contributed by atoms with Gasteiger partial charge in [0.1, 0.15) is 0 Å². The SMILES string of the molecule is CC(C)(C)N1CCC2(CCN2CC2CC2)C1. The minimum Gasteiger partial charge on any atom is -0.297 e. The first kappa shape index (κ1) is 11.0. The van der Waals surface area contributed by atoms with Crippen molar-refractivity contribution in [2.75, 3.05) is 26.2 Å². The lowest BCUT2D eigenvalue weighted by Crippen LogP contribution is -2.62. The minimum atomic E-state index is 0.365. The number of likely N-dealkylation sites (tertiary alicyclic amines) is 2. The van der Waals surface area contributed by atoms with Crippen molar-refractivity contribution in [3.63, 3.8) is 0 Å². The standard InChI is InChI=1S/C14H26N2/c1-13(2,3)16-9-7-14(11-16)6-8-15(14)10-12-4-5-12/h12H,4-11H2,1-3H3. The van der Waals surface area contributed by atoms with E-state index in [0.717, 1.165) is 5.92 Å². The molecule has 3 aliphatic rings. The Morgan fingerprint density at radius 3 is 2.25 bits per heavy atom. The molecule has 0 radical (unpaired) electrons. The van der Waals surface area contributed by atoms with E-state index in [4.69, 9.17) is 0 Å². The van der Waals surface area contributed by atoms with Crippen LogP contribution in [0.15, 0.2) is 0 Å². The molecule has 16 heavy (non-hydrogen) atoms. The molecule has 1 spiro atoms. The molecule has 1 atom stereocenters. The van der Waals surface area contributed by atoms with Crippen molar-refractivity contribution < 1.29 is 0 Å². The van der Waals surface area contributed by atoms with Gasteiger partial charge in [0.25, 0.3) is 0 Å². The number of rotatable bonds is 2. The maximum Gasteiger partial charge on any atom is 0.0361 e. The highest BCUT2D eigenvalue weighted by Gasteiger charge is 2.51. The maximum atomic E-state index is 2.80. The Hall–Kier alpha value is -0.0800. The van der Waals surface area contributed by atoms with Crippen molar-refractivity contribution in [3.8, 4) is 0 Å². The third-order valence-corrected chi connectivity index (χ3v) is 4.97. The first-order valence-corrected chi connectivity index (χ1v) is 7.00. The molecule has 92 valence electrons. The summed E-state index contributed by atoms with van der Waals surface area (Å²) < 4.78 is 0. The van der Waals surface area contributed by atoms with Crippen LogP contribution in [0.2, 0.25) is 0 Å². The van der Waals surface area contributed by atoms with Crippen molar-refractivity contribution in [1.82, 2.24) is 9.80 Å². The van der Waals surface area contributed by atoms with Gasteiger partial charge in [-0.3, -0.25) is 9.80 Å². The van der Waals surface area contributed by atoms with Gasteiger partial charge < -0.3 is 0 Å². The van der Waals surface area contributed by atoms with Gasteiger partial charge in [0.15, 0.2) is 0 Å². The summed E-state index contributed by atoms with van der Waals surface area (Å²) in [7, 11) is 0. The summed E-state index contributed by atoms with van der Waals surface area (Å²) >= 11 is 0. The first-order chi connectivity index (χ1) is 7.50. The molecule has 0 bridgehead atoms. The normalized spacial score (nSPS) is 36.9. The van der Waals surface area contributed by atoms with Crippen molar-refractivity contribution in [1.29, 1.82) is 0 Å². The molecular weight excluding hydrogens is 196 g/mol. The Morgan fingerprint density at radius 2 is 1.81 bits per heavy atom. The number of nitrogens with zero attached hydrogens (tertiary/aromatic N) is 2. The van der Waals surface area contributed by atoms with Gasteiger partial charge in [0.2, 0.25) is 0 Å². The summed E-state index contributed by atoms with van der Waals surface area (Å²) in [5, 5.41) is 0. The van der Waals surface area contributed by atoms with Crippen LogP contribution < -0.4 is 0 Å². The van der Waals surface area contributed by atoms with E-state index in [1.165, 1.54) is 51.9 Å². The van der Waals surface area contributed by atoms with E-state index in [2.05, 4.69) is 30.6 Å². The predicted octanol–water partition coefficient (Wildman–Crippen LogP) is 2.35. The highest BCUT2D eigenvalue weighted by molar-refractivity contribution is 5.08. The number of hydrogen-bond acceptors (Lipinski definition) is 2. The molecule has 2 aliphatic heterocycles. The van der Waals surface area contributed by atoms with Crippen LogP contribution in [-0.2, 0) is 0 Å². The molecule has 2 saturated heterocycles. The molecule has 0 aromatic carbocycles. The molecule has 1 aliphatic carbocycles. The van der Waals surface area contributed by atoms with E-state index in [1.54, 1.807) is 0 Å². The average molecular weight is 222 g/mol. The molecule has 0 aromatic rings. The van der Waals surface area contributed by atoms with Crippen molar-refractivity contribution in [2.45, 2.75) is 57.5 Å². The van der Waals surface area contributed by atoms with Gasteiger partial charge in [0.05, 0.1) is 0 Å².